The van der Waals surface area contributed by atoms with Gasteiger partial charge in [0.1, 0.15) is 0 Å². The maximum absolute atomic E-state index is 3.59. The molecule has 0 spiro atoms. The van der Waals surface area contributed by atoms with E-state index in [4.69, 9.17) is 0 Å². The zero-order chi connectivity index (χ0) is 21.9. The SMILES string of the molecule is CC1C=CC=C2c3cc(-c4ccc5c(c4)[nH]c4ccccc45)ccc3N(c3ccccc3)C21. The van der Waals surface area contributed by atoms with Gasteiger partial charge in [0.25, 0.3) is 0 Å². The van der Waals surface area contributed by atoms with Gasteiger partial charge in [0.2, 0.25) is 0 Å². The average Bonchev–Trinajstić information content (AvgIpc) is 3.40. The number of hydrogen-bond donors (Lipinski definition) is 1. The molecule has 33 heavy (non-hydrogen) atoms. The zero-order valence-corrected chi connectivity index (χ0v) is 18.5. The van der Waals surface area contributed by atoms with E-state index in [2.05, 4.69) is 126 Å². The molecule has 1 aliphatic heterocycles. The van der Waals surface area contributed by atoms with Crippen LogP contribution < -0.4 is 4.90 Å². The highest BCUT2D eigenvalue weighted by atomic mass is 15.2. The fourth-order valence-corrected chi connectivity index (χ4v) is 5.67. The van der Waals surface area contributed by atoms with E-state index in [9.17, 15) is 0 Å². The van der Waals surface area contributed by atoms with Crippen LogP contribution in [-0.4, -0.2) is 11.0 Å². The van der Waals surface area contributed by atoms with Gasteiger partial charge in [0, 0.05) is 38.7 Å². The number of allylic oxidation sites excluding steroid dienone is 2. The Morgan fingerprint density at radius 1 is 0.727 bits per heavy atom. The minimum absolute atomic E-state index is 0.332. The average molecular weight is 425 g/mol. The highest BCUT2D eigenvalue weighted by Crippen LogP contribution is 2.49. The lowest BCUT2D eigenvalue weighted by Gasteiger charge is -2.32. The standard InChI is InChI=1S/C31H24N2/c1-20-8-7-12-26-27-18-21(15-17-30(27)33(31(20)26)23-9-3-2-4-10-23)22-14-16-25-24-11-5-6-13-28(24)32-29(25)19-22/h2-20,31-32H,1H3. The summed E-state index contributed by atoms with van der Waals surface area (Å²) in [6.07, 6.45) is 6.84. The van der Waals surface area contributed by atoms with Gasteiger partial charge in [-0.25, -0.2) is 0 Å². The molecule has 0 fully saturated rings. The van der Waals surface area contributed by atoms with Crippen LogP contribution in [0, 0.1) is 5.92 Å². The van der Waals surface area contributed by atoms with Crippen molar-refractivity contribution in [3.63, 3.8) is 0 Å². The van der Waals surface area contributed by atoms with Crippen molar-refractivity contribution in [1.82, 2.24) is 4.98 Å². The van der Waals surface area contributed by atoms with Crippen LogP contribution in [0.5, 0.6) is 0 Å². The summed E-state index contributed by atoms with van der Waals surface area (Å²) in [5.41, 5.74) is 10.2. The normalized spacial score (nSPS) is 19.1. The molecule has 0 radical (unpaired) electrons. The monoisotopic (exact) mass is 424 g/mol. The first kappa shape index (κ1) is 18.5. The summed E-state index contributed by atoms with van der Waals surface area (Å²) in [6, 6.07) is 33.4. The van der Waals surface area contributed by atoms with Crippen LogP contribution in [0.4, 0.5) is 11.4 Å². The van der Waals surface area contributed by atoms with Crippen molar-refractivity contribution in [3.8, 4) is 11.1 Å². The molecule has 0 saturated heterocycles. The van der Waals surface area contributed by atoms with Crippen LogP contribution in [0.25, 0.3) is 38.5 Å². The van der Waals surface area contributed by atoms with Crippen LogP contribution in [0.2, 0.25) is 0 Å². The van der Waals surface area contributed by atoms with Gasteiger partial charge < -0.3 is 9.88 Å². The molecule has 7 rings (SSSR count). The number of benzene rings is 4. The number of aromatic nitrogens is 1. The van der Waals surface area contributed by atoms with E-state index >= 15 is 0 Å². The van der Waals surface area contributed by atoms with Crippen LogP contribution >= 0.6 is 0 Å². The second kappa shape index (κ2) is 6.98. The quantitative estimate of drug-likeness (QED) is 0.303. The Labute approximate surface area is 193 Å². The molecule has 2 heteroatoms. The topological polar surface area (TPSA) is 19.0 Å². The largest absolute Gasteiger partial charge is 0.354 e. The van der Waals surface area contributed by atoms with E-state index in [1.807, 2.05) is 0 Å². The third kappa shape index (κ3) is 2.74. The fraction of sp³-hybridized carbons (Fsp3) is 0.0968. The molecule has 2 nitrogen and oxygen atoms in total. The number of nitrogens with zero attached hydrogens (tertiary/aromatic N) is 1. The maximum Gasteiger partial charge on any atom is 0.0658 e. The van der Waals surface area contributed by atoms with Crippen molar-refractivity contribution >= 4 is 38.8 Å². The lowest BCUT2D eigenvalue weighted by molar-refractivity contribution is 0.637. The summed E-state index contributed by atoms with van der Waals surface area (Å²) in [4.78, 5) is 6.11. The van der Waals surface area contributed by atoms with Crippen LogP contribution in [0.15, 0.2) is 109 Å². The van der Waals surface area contributed by atoms with Gasteiger partial charge in [-0.1, -0.05) is 79.7 Å². The van der Waals surface area contributed by atoms with Crippen LogP contribution in [0.1, 0.15) is 12.5 Å². The highest BCUT2D eigenvalue weighted by molar-refractivity contribution is 6.08. The molecule has 0 amide bonds. The number of hydrogen-bond acceptors (Lipinski definition) is 1. The maximum atomic E-state index is 3.59. The van der Waals surface area contributed by atoms with E-state index < -0.39 is 0 Å². The van der Waals surface area contributed by atoms with Crippen molar-refractivity contribution in [2.75, 3.05) is 4.90 Å². The number of fused-ring (bicyclic) bond motifs is 6. The van der Waals surface area contributed by atoms with Crippen molar-refractivity contribution in [2.24, 2.45) is 5.92 Å². The molecule has 2 heterocycles. The minimum Gasteiger partial charge on any atom is -0.354 e. The Bertz CT molecular complexity index is 1590. The van der Waals surface area contributed by atoms with Gasteiger partial charge in [-0.2, -0.15) is 0 Å². The molecule has 2 aliphatic rings. The Balaban J connectivity index is 1.38. The smallest absolute Gasteiger partial charge is 0.0658 e. The molecule has 1 aliphatic carbocycles. The second-order valence-corrected chi connectivity index (χ2v) is 9.18. The van der Waals surface area contributed by atoms with Crippen molar-refractivity contribution < 1.29 is 0 Å². The van der Waals surface area contributed by atoms with Crippen LogP contribution in [-0.2, 0) is 0 Å². The van der Waals surface area contributed by atoms with E-state index in [1.165, 1.54) is 55.4 Å². The van der Waals surface area contributed by atoms with E-state index in [1.54, 1.807) is 0 Å². The zero-order valence-electron chi connectivity index (χ0n) is 18.5. The molecular formula is C31H24N2. The number of rotatable bonds is 2. The van der Waals surface area contributed by atoms with Crippen molar-refractivity contribution in [2.45, 2.75) is 13.0 Å². The summed E-state index contributed by atoms with van der Waals surface area (Å²) in [5.74, 6) is 0.448. The van der Waals surface area contributed by atoms with Gasteiger partial charge in [-0.15, -0.1) is 0 Å². The summed E-state index contributed by atoms with van der Waals surface area (Å²) in [5, 5.41) is 2.56. The molecule has 0 bridgehead atoms. The minimum atomic E-state index is 0.332. The van der Waals surface area contributed by atoms with E-state index in [-0.39, 0.29) is 0 Å². The van der Waals surface area contributed by atoms with Crippen molar-refractivity contribution in [3.05, 3.63) is 115 Å². The first-order chi connectivity index (χ1) is 16.3. The molecule has 4 aromatic carbocycles. The number of para-hydroxylation sites is 2. The van der Waals surface area contributed by atoms with E-state index in [0.717, 1.165) is 0 Å². The van der Waals surface area contributed by atoms with Crippen LogP contribution in [0.3, 0.4) is 0 Å². The molecule has 0 saturated carbocycles. The lowest BCUT2D eigenvalue weighted by Crippen LogP contribution is -2.33. The molecule has 1 N–H and O–H groups in total. The molecule has 2 atom stereocenters. The summed E-state index contributed by atoms with van der Waals surface area (Å²) in [6.45, 7) is 2.32. The highest BCUT2D eigenvalue weighted by Gasteiger charge is 2.38. The van der Waals surface area contributed by atoms with Gasteiger partial charge in [-0.3, -0.25) is 0 Å². The van der Waals surface area contributed by atoms with Gasteiger partial charge in [0.05, 0.1) is 6.04 Å². The Kier molecular flexibility index (Phi) is 3.92. The first-order valence-corrected chi connectivity index (χ1v) is 11.7. The number of H-pyrrole nitrogens is 1. The van der Waals surface area contributed by atoms with Gasteiger partial charge in [-0.05, 0) is 59.0 Å². The Hall–Kier alpha value is -4.04. The second-order valence-electron chi connectivity index (χ2n) is 9.18. The molecular weight excluding hydrogens is 400 g/mol. The third-order valence-electron chi connectivity index (χ3n) is 7.23. The predicted octanol–water partition coefficient (Wildman–Crippen LogP) is 8.10. The Morgan fingerprint density at radius 2 is 1.48 bits per heavy atom. The predicted molar refractivity (Wildman–Crippen MR) is 140 cm³/mol. The van der Waals surface area contributed by atoms with E-state index in [0.29, 0.717) is 12.0 Å². The number of nitrogens with one attached hydrogen (secondary N) is 1. The summed E-state index contributed by atoms with van der Waals surface area (Å²) in [7, 11) is 0. The van der Waals surface area contributed by atoms with Gasteiger partial charge >= 0.3 is 0 Å². The fourth-order valence-electron chi connectivity index (χ4n) is 5.67. The molecule has 1 aromatic heterocycles. The molecule has 158 valence electrons. The van der Waals surface area contributed by atoms with Gasteiger partial charge in [0.15, 0.2) is 0 Å². The molecule has 2 unspecified atom stereocenters. The summed E-state index contributed by atoms with van der Waals surface area (Å²) < 4.78 is 0. The van der Waals surface area contributed by atoms with Crippen molar-refractivity contribution in [1.29, 1.82) is 0 Å². The number of anilines is 2. The third-order valence-corrected chi connectivity index (χ3v) is 7.23. The first-order valence-electron chi connectivity index (χ1n) is 11.7. The molecule has 5 aromatic rings. The number of aromatic amines is 1. The lowest BCUT2D eigenvalue weighted by atomic mass is 9.87. The Morgan fingerprint density at radius 3 is 2.39 bits per heavy atom. The summed E-state index contributed by atoms with van der Waals surface area (Å²) >= 11 is 0.